The van der Waals surface area contributed by atoms with Gasteiger partial charge in [-0.1, -0.05) is 158 Å². The number of aromatic nitrogens is 1. The summed E-state index contributed by atoms with van der Waals surface area (Å²) in [4.78, 5) is 7.30. The summed E-state index contributed by atoms with van der Waals surface area (Å²) in [6.45, 7) is 0. The molecule has 0 bridgehead atoms. The maximum Gasteiger partial charge on any atom is 0.227 e. The molecule has 54 heavy (non-hydrogen) atoms. The fraction of sp³-hybridized carbons (Fsp3) is 0. The van der Waals surface area contributed by atoms with Gasteiger partial charge in [-0.15, -0.1) is 0 Å². The van der Waals surface area contributed by atoms with E-state index in [-0.39, 0.29) is 0 Å². The van der Waals surface area contributed by atoms with Crippen LogP contribution in [0.4, 0.5) is 17.1 Å². The molecule has 0 radical (unpaired) electrons. The summed E-state index contributed by atoms with van der Waals surface area (Å²) in [5.41, 5.74) is 12.6. The maximum absolute atomic E-state index is 6.58. The van der Waals surface area contributed by atoms with Crippen molar-refractivity contribution in [3.8, 4) is 44.8 Å². The van der Waals surface area contributed by atoms with Crippen molar-refractivity contribution < 1.29 is 4.42 Å². The molecule has 254 valence electrons. The third kappa shape index (κ3) is 5.69. The van der Waals surface area contributed by atoms with Gasteiger partial charge in [0, 0.05) is 28.1 Å². The van der Waals surface area contributed by atoms with Crippen molar-refractivity contribution >= 4 is 49.7 Å². The largest absolute Gasteiger partial charge is 0.435 e. The van der Waals surface area contributed by atoms with Gasteiger partial charge in [-0.3, -0.25) is 0 Å². The van der Waals surface area contributed by atoms with Gasteiger partial charge in [0.25, 0.3) is 0 Å². The highest BCUT2D eigenvalue weighted by Gasteiger charge is 2.19. The Morgan fingerprint density at radius 3 is 1.76 bits per heavy atom. The summed E-state index contributed by atoms with van der Waals surface area (Å²) < 4.78 is 6.58. The highest BCUT2D eigenvalue weighted by molar-refractivity contribution is 5.98. The predicted molar refractivity (Wildman–Crippen MR) is 225 cm³/mol. The Hall–Kier alpha value is -7.23. The topological polar surface area (TPSA) is 29.3 Å². The lowest BCUT2D eigenvalue weighted by Gasteiger charge is -2.28. The molecule has 3 heteroatoms. The molecular formula is C51H34N2O. The molecule has 0 aliphatic carbocycles. The van der Waals surface area contributed by atoms with E-state index in [1.807, 2.05) is 6.07 Å². The summed E-state index contributed by atoms with van der Waals surface area (Å²) >= 11 is 0. The third-order valence-electron chi connectivity index (χ3n) is 10.3. The summed E-state index contributed by atoms with van der Waals surface area (Å²) in [7, 11) is 0. The van der Waals surface area contributed by atoms with Gasteiger partial charge in [0.05, 0.1) is 5.69 Å². The van der Waals surface area contributed by atoms with Crippen LogP contribution in [0.25, 0.3) is 77.5 Å². The van der Waals surface area contributed by atoms with Crippen molar-refractivity contribution in [2.75, 3.05) is 4.90 Å². The Morgan fingerprint density at radius 1 is 0.370 bits per heavy atom. The maximum atomic E-state index is 6.58. The molecule has 10 aromatic rings. The SMILES string of the molecule is c1ccc(-c2ccccc2N(c2ccc(-c3ccc4ccccc4c3)cc2)c2ccc(-c3cccc4nc(-c5cccc6ccccc56)oc34)cc2)cc1. The van der Waals surface area contributed by atoms with Gasteiger partial charge in [-0.2, -0.15) is 0 Å². The van der Waals surface area contributed by atoms with Crippen LogP contribution in [0.2, 0.25) is 0 Å². The van der Waals surface area contributed by atoms with E-state index in [0.717, 1.165) is 61.2 Å². The smallest absolute Gasteiger partial charge is 0.227 e. The second-order valence-electron chi connectivity index (χ2n) is 13.6. The quantitative estimate of drug-likeness (QED) is 0.167. The summed E-state index contributed by atoms with van der Waals surface area (Å²) in [6, 6.07) is 72.9. The fourth-order valence-corrected chi connectivity index (χ4v) is 7.62. The van der Waals surface area contributed by atoms with Gasteiger partial charge in [-0.05, 0) is 92.3 Å². The van der Waals surface area contributed by atoms with Crippen LogP contribution in [0.5, 0.6) is 0 Å². The number of hydrogen-bond acceptors (Lipinski definition) is 3. The second kappa shape index (κ2) is 13.4. The minimum atomic E-state index is 0.627. The number of oxazole rings is 1. The van der Waals surface area contributed by atoms with Gasteiger partial charge in [-0.25, -0.2) is 4.98 Å². The Labute approximate surface area is 314 Å². The van der Waals surface area contributed by atoms with Crippen LogP contribution in [-0.2, 0) is 0 Å². The number of nitrogens with zero attached hydrogens (tertiary/aromatic N) is 2. The van der Waals surface area contributed by atoms with Gasteiger partial charge < -0.3 is 9.32 Å². The molecule has 3 nitrogen and oxygen atoms in total. The van der Waals surface area contributed by atoms with Gasteiger partial charge >= 0.3 is 0 Å². The van der Waals surface area contributed by atoms with Crippen LogP contribution in [0.1, 0.15) is 0 Å². The van der Waals surface area contributed by atoms with Crippen molar-refractivity contribution in [2.45, 2.75) is 0 Å². The van der Waals surface area contributed by atoms with Crippen molar-refractivity contribution in [3.05, 3.63) is 206 Å². The minimum absolute atomic E-state index is 0.627. The van der Waals surface area contributed by atoms with E-state index < -0.39 is 0 Å². The predicted octanol–water partition coefficient (Wildman–Crippen LogP) is 14.3. The lowest BCUT2D eigenvalue weighted by molar-refractivity contribution is 0.621. The third-order valence-corrected chi connectivity index (χ3v) is 10.3. The van der Waals surface area contributed by atoms with Crippen molar-refractivity contribution in [3.63, 3.8) is 0 Å². The zero-order chi connectivity index (χ0) is 35.8. The lowest BCUT2D eigenvalue weighted by Crippen LogP contribution is -2.11. The number of hydrogen-bond donors (Lipinski definition) is 0. The monoisotopic (exact) mass is 690 g/mol. The van der Waals surface area contributed by atoms with Gasteiger partial charge in [0.1, 0.15) is 5.52 Å². The highest BCUT2D eigenvalue weighted by atomic mass is 16.3. The normalized spacial score (nSPS) is 11.3. The van der Waals surface area contributed by atoms with Crippen molar-refractivity contribution in [1.82, 2.24) is 4.98 Å². The van der Waals surface area contributed by atoms with Crippen LogP contribution < -0.4 is 4.90 Å². The molecule has 10 rings (SSSR count). The minimum Gasteiger partial charge on any atom is -0.435 e. The number of anilines is 3. The lowest BCUT2D eigenvalue weighted by atomic mass is 9.99. The van der Waals surface area contributed by atoms with Crippen LogP contribution in [0.3, 0.4) is 0 Å². The fourth-order valence-electron chi connectivity index (χ4n) is 7.62. The van der Waals surface area contributed by atoms with E-state index in [1.54, 1.807) is 0 Å². The molecular weight excluding hydrogens is 657 g/mol. The first-order valence-corrected chi connectivity index (χ1v) is 18.3. The van der Waals surface area contributed by atoms with Crippen LogP contribution in [0, 0.1) is 0 Å². The summed E-state index contributed by atoms with van der Waals surface area (Å²) in [6.07, 6.45) is 0. The average molecular weight is 691 g/mol. The Kier molecular flexibility index (Phi) is 7.81. The second-order valence-corrected chi connectivity index (χ2v) is 13.6. The first-order valence-electron chi connectivity index (χ1n) is 18.3. The molecule has 0 fully saturated rings. The van der Waals surface area contributed by atoms with Crippen molar-refractivity contribution in [2.24, 2.45) is 0 Å². The highest BCUT2D eigenvalue weighted by Crippen LogP contribution is 2.42. The Bertz CT molecular complexity index is 2920. The van der Waals surface area contributed by atoms with E-state index >= 15 is 0 Å². The molecule has 0 N–H and O–H groups in total. The first-order chi connectivity index (χ1) is 26.8. The summed E-state index contributed by atoms with van der Waals surface area (Å²) in [5, 5.41) is 4.77. The Balaban J connectivity index is 1.06. The zero-order valence-electron chi connectivity index (χ0n) is 29.4. The van der Waals surface area contributed by atoms with E-state index in [0.29, 0.717) is 5.89 Å². The molecule has 0 aliphatic heterocycles. The molecule has 1 aromatic heterocycles. The molecule has 0 aliphatic rings. The van der Waals surface area contributed by atoms with Crippen molar-refractivity contribution in [1.29, 1.82) is 0 Å². The van der Waals surface area contributed by atoms with E-state index in [1.165, 1.54) is 27.5 Å². The molecule has 0 unspecified atom stereocenters. The Morgan fingerprint density at radius 2 is 0.944 bits per heavy atom. The summed E-state index contributed by atoms with van der Waals surface area (Å²) in [5.74, 6) is 0.627. The van der Waals surface area contributed by atoms with Crippen LogP contribution in [0.15, 0.2) is 211 Å². The standard InChI is InChI=1S/C51H34N2O/c1-2-13-38(14-3-1)45-19-8-9-23-49(45)53(42-30-26-36(27-31-42)41-25-24-35-12-4-5-16-40(35)34-41)43-32-28-39(29-33-43)46-20-11-22-48-50(46)54-51(52-48)47-21-10-17-37-15-6-7-18-44(37)47/h1-34H. The first kappa shape index (κ1) is 31.5. The van der Waals surface area contributed by atoms with Gasteiger partial charge in [0.2, 0.25) is 5.89 Å². The molecule has 0 saturated carbocycles. The zero-order valence-corrected chi connectivity index (χ0v) is 29.4. The van der Waals surface area contributed by atoms with E-state index in [2.05, 4.69) is 205 Å². The van der Waals surface area contributed by atoms with E-state index in [9.17, 15) is 0 Å². The molecule has 9 aromatic carbocycles. The molecule has 0 amide bonds. The molecule has 0 spiro atoms. The molecule has 0 saturated heterocycles. The van der Waals surface area contributed by atoms with Gasteiger partial charge in [0.15, 0.2) is 5.58 Å². The van der Waals surface area contributed by atoms with Crippen LogP contribution >= 0.6 is 0 Å². The number of fused-ring (bicyclic) bond motifs is 3. The number of benzene rings is 9. The molecule has 1 heterocycles. The van der Waals surface area contributed by atoms with E-state index in [4.69, 9.17) is 9.40 Å². The molecule has 0 atom stereocenters. The number of rotatable bonds is 7. The average Bonchev–Trinajstić information content (AvgIpc) is 3.69. The van der Waals surface area contributed by atoms with Crippen LogP contribution in [-0.4, -0.2) is 4.98 Å². The number of para-hydroxylation sites is 2.